The first-order valence-electron chi connectivity index (χ1n) is 6.67. The number of hydrazone groups is 1. The third-order valence-corrected chi connectivity index (χ3v) is 4.10. The van der Waals surface area contributed by atoms with E-state index in [2.05, 4.69) is 21.0 Å². The van der Waals surface area contributed by atoms with Gasteiger partial charge in [0.25, 0.3) is 5.91 Å². The summed E-state index contributed by atoms with van der Waals surface area (Å²) in [4.78, 5) is 12.6. The van der Waals surface area contributed by atoms with Crippen molar-refractivity contribution in [3.63, 3.8) is 0 Å². The highest BCUT2D eigenvalue weighted by molar-refractivity contribution is 9.10. The molecule has 1 aliphatic heterocycles. The van der Waals surface area contributed by atoms with Gasteiger partial charge in [-0.25, -0.2) is 0 Å². The van der Waals surface area contributed by atoms with Gasteiger partial charge in [0.1, 0.15) is 0 Å². The average Bonchev–Trinajstić information content (AvgIpc) is 2.78. The Morgan fingerprint density at radius 3 is 2.36 bits per heavy atom. The van der Waals surface area contributed by atoms with Crippen LogP contribution in [0.15, 0.2) is 63.7 Å². The average molecular weight is 376 g/mol. The van der Waals surface area contributed by atoms with Crippen LogP contribution >= 0.6 is 27.5 Å². The Bertz CT molecular complexity index is 779. The van der Waals surface area contributed by atoms with E-state index in [1.165, 1.54) is 5.01 Å². The SMILES string of the molecule is CC1=NN(c2ccc(Br)cc2)C(=O)/C1=C\c1ccc(Cl)cc1. The lowest BCUT2D eigenvalue weighted by atomic mass is 10.1. The molecule has 1 heterocycles. The molecule has 0 unspecified atom stereocenters. The lowest BCUT2D eigenvalue weighted by molar-refractivity contribution is -0.114. The van der Waals surface area contributed by atoms with Gasteiger partial charge in [0.15, 0.2) is 0 Å². The molecule has 0 spiro atoms. The van der Waals surface area contributed by atoms with Crippen molar-refractivity contribution in [2.45, 2.75) is 6.92 Å². The second-order valence-electron chi connectivity index (χ2n) is 4.89. The quantitative estimate of drug-likeness (QED) is 0.687. The molecule has 3 nitrogen and oxygen atoms in total. The molecule has 0 fully saturated rings. The fraction of sp³-hybridized carbons (Fsp3) is 0.0588. The highest BCUT2D eigenvalue weighted by Gasteiger charge is 2.28. The Morgan fingerprint density at radius 1 is 1.09 bits per heavy atom. The van der Waals surface area contributed by atoms with E-state index in [1.807, 2.05) is 49.4 Å². The van der Waals surface area contributed by atoms with Crippen LogP contribution in [-0.2, 0) is 4.79 Å². The summed E-state index contributed by atoms with van der Waals surface area (Å²) in [5.74, 6) is -0.130. The Hall–Kier alpha value is -1.91. The number of carbonyl (C=O) groups is 1. The summed E-state index contributed by atoms with van der Waals surface area (Å²) in [5.41, 5.74) is 2.94. The summed E-state index contributed by atoms with van der Waals surface area (Å²) >= 11 is 9.26. The van der Waals surface area contributed by atoms with E-state index in [0.717, 1.165) is 15.7 Å². The van der Waals surface area contributed by atoms with E-state index in [0.29, 0.717) is 16.3 Å². The van der Waals surface area contributed by atoms with Gasteiger partial charge in [-0.2, -0.15) is 10.1 Å². The van der Waals surface area contributed by atoms with Gasteiger partial charge in [-0.1, -0.05) is 39.7 Å². The zero-order chi connectivity index (χ0) is 15.7. The highest BCUT2D eigenvalue weighted by atomic mass is 79.9. The maximum absolute atomic E-state index is 12.6. The predicted octanol–water partition coefficient (Wildman–Crippen LogP) is 4.91. The first-order valence-corrected chi connectivity index (χ1v) is 7.84. The van der Waals surface area contributed by atoms with E-state index in [-0.39, 0.29) is 5.91 Å². The van der Waals surface area contributed by atoms with Gasteiger partial charge in [0.05, 0.1) is 17.0 Å². The van der Waals surface area contributed by atoms with E-state index >= 15 is 0 Å². The van der Waals surface area contributed by atoms with Gasteiger partial charge in [-0.05, 0) is 55.0 Å². The topological polar surface area (TPSA) is 32.7 Å². The molecule has 0 radical (unpaired) electrons. The minimum Gasteiger partial charge on any atom is -0.267 e. The molecule has 0 saturated carbocycles. The Labute approximate surface area is 142 Å². The van der Waals surface area contributed by atoms with Crippen LogP contribution in [-0.4, -0.2) is 11.6 Å². The van der Waals surface area contributed by atoms with Crippen LogP contribution in [0.4, 0.5) is 5.69 Å². The second kappa shape index (κ2) is 6.07. The fourth-order valence-electron chi connectivity index (χ4n) is 2.17. The zero-order valence-corrected chi connectivity index (χ0v) is 14.1. The summed E-state index contributed by atoms with van der Waals surface area (Å²) in [7, 11) is 0. The minimum absolute atomic E-state index is 0.130. The number of hydrogen-bond donors (Lipinski definition) is 0. The van der Waals surface area contributed by atoms with Crippen molar-refractivity contribution in [3.8, 4) is 0 Å². The molecule has 0 saturated heterocycles. The van der Waals surface area contributed by atoms with Gasteiger partial charge < -0.3 is 0 Å². The summed E-state index contributed by atoms with van der Waals surface area (Å²) in [6.07, 6.45) is 1.83. The summed E-state index contributed by atoms with van der Waals surface area (Å²) in [5, 5.41) is 6.44. The molecular weight excluding hydrogens is 364 g/mol. The summed E-state index contributed by atoms with van der Waals surface area (Å²) in [6.45, 7) is 1.83. The maximum Gasteiger partial charge on any atom is 0.280 e. The van der Waals surface area contributed by atoms with E-state index < -0.39 is 0 Å². The van der Waals surface area contributed by atoms with Crippen molar-refractivity contribution in [1.82, 2.24) is 0 Å². The molecule has 2 aromatic carbocycles. The highest BCUT2D eigenvalue weighted by Crippen LogP contribution is 2.26. The molecule has 0 aromatic heterocycles. The number of halogens is 2. The van der Waals surface area contributed by atoms with Crippen LogP contribution in [0.1, 0.15) is 12.5 Å². The predicted molar refractivity (Wildman–Crippen MR) is 94.2 cm³/mol. The van der Waals surface area contributed by atoms with E-state index in [4.69, 9.17) is 11.6 Å². The molecule has 0 bridgehead atoms. The largest absolute Gasteiger partial charge is 0.280 e. The molecule has 1 aliphatic rings. The molecule has 0 aliphatic carbocycles. The van der Waals surface area contributed by atoms with Crippen molar-refractivity contribution < 1.29 is 4.79 Å². The number of rotatable bonds is 2. The van der Waals surface area contributed by atoms with E-state index in [9.17, 15) is 4.79 Å². The molecular formula is C17H12BrClN2O. The minimum atomic E-state index is -0.130. The Balaban J connectivity index is 1.92. The van der Waals surface area contributed by atoms with Gasteiger partial charge in [-0.3, -0.25) is 4.79 Å². The van der Waals surface area contributed by atoms with Gasteiger partial charge in [0.2, 0.25) is 0 Å². The molecule has 5 heteroatoms. The van der Waals surface area contributed by atoms with Crippen LogP contribution in [0.3, 0.4) is 0 Å². The smallest absolute Gasteiger partial charge is 0.267 e. The third-order valence-electron chi connectivity index (χ3n) is 3.31. The molecule has 0 atom stereocenters. The van der Waals surface area contributed by atoms with Crippen LogP contribution in [0.5, 0.6) is 0 Å². The number of anilines is 1. The van der Waals surface area contributed by atoms with Crippen LogP contribution in [0, 0.1) is 0 Å². The first-order chi connectivity index (χ1) is 10.5. The normalized spacial score (nSPS) is 16.3. The number of carbonyl (C=O) groups excluding carboxylic acids is 1. The van der Waals surface area contributed by atoms with E-state index in [1.54, 1.807) is 12.1 Å². The van der Waals surface area contributed by atoms with Crippen molar-refractivity contribution in [2.24, 2.45) is 5.10 Å². The lowest BCUT2D eigenvalue weighted by Gasteiger charge is -2.11. The fourth-order valence-corrected chi connectivity index (χ4v) is 2.56. The molecule has 2 aromatic rings. The van der Waals surface area contributed by atoms with Crippen molar-refractivity contribution >= 4 is 50.9 Å². The number of hydrogen-bond acceptors (Lipinski definition) is 2. The summed E-state index contributed by atoms with van der Waals surface area (Å²) in [6, 6.07) is 14.8. The molecule has 0 N–H and O–H groups in total. The van der Waals surface area contributed by atoms with Crippen molar-refractivity contribution in [2.75, 3.05) is 5.01 Å². The van der Waals surface area contributed by atoms with Gasteiger partial charge in [0, 0.05) is 9.50 Å². The Kier molecular flexibility index (Phi) is 4.14. The number of benzene rings is 2. The Morgan fingerprint density at radius 2 is 1.73 bits per heavy atom. The second-order valence-corrected chi connectivity index (χ2v) is 6.24. The molecule has 1 amide bonds. The van der Waals surface area contributed by atoms with Gasteiger partial charge >= 0.3 is 0 Å². The maximum atomic E-state index is 12.6. The van der Waals surface area contributed by atoms with Gasteiger partial charge in [-0.15, -0.1) is 0 Å². The standard InChI is InChI=1S/C17H12BrClN2O/c1-11-16(10-12-2-6-14(19)7-3-12)17(22)21(20-11)15-8-4-13(18)5-9-15/h2-10H,1H3/b16-10-. The van der Waals surface area contributed by atoms with Crippen molar-refractivity contribution in [3.05, 3.63) is 69.2 Å². The zero-order valence-electron chi connectivity index (χ0n) is 11.8. The number of nitrogens with zero attached hydrogens (tertiary/aromatic N) is 2. The number of amides is 1. The van der Waals surface area contributed by atoms with Crippen LogP contribution in [0.25, 0.3) is 6.08 Å². The third kappa shape index (κ3) is 2.98. The van der Waals surface area contributed by atoms with Crippen LogP contribution < -0.4 is 5.01 Å². The molecule has 110 valence electrons. The van der Waals surface area contributed by atoms with Crippen molar-refractivity contribution in [1.29, 1.82) is 0 Å². The first kappa shape index (κ1) is 15.0. The summed E-state index contributed by atoms with van der Waals surface area (Å²) < 4.78 is 0.959. The monoisotopic (exact) mass is 374 g/mol. The lowest BCUT2D eigenvalue weighted by Crippen LogP contribution is -2.21. The molecule has 22 heavy (non-hydrogen) atoms. The molecule has 3 rings (SSSR count). The van der Waals surface area contributed by atoms with Crippen LogP contribution in [0.2, 0.25) is 5.02 Å².